The minimum absolute atomic E-state index is 0.00279. The van der Waals surface area contributed by atoms with Gasteiger partial charge in [0.15, 0.2) is 6.10 Å². The van der Waals surface area contributed by atoms with E-state index in [1.807, 2.05) is 45.0 Å². The van der Waals surface area contributed by atoms with Crippen molar-refractivity contribution in [3.8, 4) is 5.88 Å². The van der Waals surface area contributed by atoms with Gasteiger partial charge in [-0.3, -0.25) is 4.68 Å². The SMILES string of the molecule is CCc1ccc(Cc2c(O[C@]3(O)O[C@H](CO)[C@@H](O)[C@H](O)[C@H]3O)nn(C(C)C)c2C)cc1. The summed E-state index contributed by atoms with van der Waals surface area (Å²) in [7, 11) is 0. The van der Waals surface area contributed by atoms with Crippen molar-refractivity contribution >= 4 is 0 Å². The molecule has 1 aromatic heterocycles. The fourth-order valence-electron chi connectivity index (χ4n) is 3.76. The lowest BCUT2D eigenvalue weighted by Gasteiger charge is -2.43. The number of aromatic nitrogens is 2. The van der Waals surface area contributed by atoms with Crippen LogP contribution < -0.4 is 4.74 Å². The first-order valence-corrected chi connectivity index (χ1v) is 10.5. The van der Waals surface area contributed by atoms with Crippen LogP contribution in [0.15, 0.2) is 24.3 Å². The fraction of sp³-hybridized carbons (Fsp3) is 0.591. The molecule has 0 amide bonds. The molecule has 3 rings (SSSR count). The normalized spacial score (nSPS) is 28.8. The summed E-state index contributed by atoms with van der Waals surface area (Å²) >= 11 is 0. The zero-order valence-electron chi connectivity index (χ0n) is 18.3. The van der Waals surface area contributed by atoms with Gasteiger partial charge in [0.1, 0.15) is 18.3 Å². The van der Waals surface area contributed by atoms with Gasteiger partial charge in [0, 0.05) is 23.7 Å². The number of aliphatic hydroxyl groups excluding tert-OH is 4. The van der Waals surface area contributed by atoms with Crippen LogP contribution in [0.1, 0.15) is 49.2 Å². The molecule has 0 aliphatic carbocycles. The second-order valence-corrected chi connectivity index (χ2v) is 8.25. The zero-order chi connectivity index (χ0) is 22.9. The number of aliphatic hydroxyl groups is 5. The van der Waals surface area contributed by atoms with E-state index in [0.717, 1.165) is 17.7 Å². The number of rotatable bonds is 7. The number of ether oxygens (including phenoxy) is 2. The molecule has 1 aliphatic heterocycles. The average Bonchev–Trinajstić information content (AvgIpc) is 3.05. The molecular weight excluding hydrogens is 404 g/mol. The first kappa shape index (κ1) is 23.6. The summed E-state index contributed by atoms with van der Waals surface area (Å²) in [4.78, 5) is 0. The third-order valence-electron chi connectivity index (χ3n) is 5.71. The van der Waals surface area contributed by atoms with Crippen molar-refractivity contribution in [3.63, 3.8) is 0 Å². The van der Waals surface area contributed by atoms with E-state index in [4.69, 9.17) is 9.47 Å². The molecule has 0 unspecified atom stereocenters. The molecular formula is C22H32N2O7. The lowest BCUT2D eigenvalue weighted by Crippen LogP contribution is -2.67. The Kier molecular flexibility index (Phi) is 7.04. The maximum atomic E-state index is 10.9. The first-order valence-electron chi connectivity index (χ1n) is 10.5. The summed E-state index contributed by atoms with van der Waals surface area (Å²) in [5.41, 5.74) is 3.72. The molecule has 2 heterocycles. The summed E-state index contributed by atoms with van der Waals surface area (Å²) < 4.78 is 12.6. The number of nitrogens with zero attached hydrogens (tertiary/aromatic N) is 2. The van der Waals surface area contributed by atoms with Gasteiger partial charge in [-0.2, -0.15) is 0 Å². The zero-order valence-corrected chi connectivity index (χ0v) is 18.3. The van der Waals surface area contributed by atoms with Crippen molar-refractivity contribution in [3.05, 3.63) is 46.6 Å². The van der Waals surface area contributed by atoms with Crippen LogP contribution in [0.3, 0.4) is 0 Å². The smallest absolute Gasteiger partial charge is 0.356 e. The molecule has 0 spiro atoms. The second-order valence-electron chi connectivity index (χ2n) is 8.25. The second kappa shape index (κ2) is 9.23. The third kappa shape index (κ3) is 4.62. The van der Waals surface area contributed by atoms with E-state index in [-0.39, 0.29) is 11.9 Å². The quantitative estimate of drug-likeness (QED) is 0.394. The molecule has 0 radical (unpaired) electrons. The van der Waals surface area contributed by atoms with Crippen LogP contribution in [0.5, 0.6) is 5.88 Å². The van der Waals surface area contributed by atoms with Crippen LogP contribution in [0.2, 0.25) is 0 Å². The lowest BCUT2D eigenvalue weighted by atomic mass is 9.98. The molecule has 1 fully saturated rings. The lowest BCUT2D eigenvalue weighted by molar-refractivity contribution is -0.423. The molecule has 1 aliphatic rings. The van der Waals surface area contributed by atoms with Gasteiger partial charge in [0.25, 0.3) is 0 Å². The molecule has 172 valence electrons. The Morgan fingerprint density at radius 2 is 1.74 bits per heavy atom. The molecule has 31 heavy (non-hydrogen) atoms. The van der Waals surface area contributed by atoms with Crippen molar-refractivity contribution < 1.29 is 35.0 Å². The van der Waals surface area contributed by atoms with E-state index >= 15 is 0 Å². The Hall–Kier alpha value is -2.01. The van der Waals surface area contributed by atoms with Gasteiger partial charge in [0.05, 0.1) is 6.61 Å². The van der Waals surface area contributed by atoms with E-state index in [9.17, 15) is 25.5 Å². The highest BCUT2D eigenvalue weighted by Gasteiger charge is 2.55. The van der Waals surface area contributed by atoms with Crippen molar-refractivity contribution in [1.82, 2.24) is 9.78 Å². The Balaban J connectivity index is 1.96. The van der Waals surface area contributed by atoms with Gasteiger partial charge in [-0.05, 0) is 38.3 Å². The Labute approximate surface area is 181 Å². The molecule has 5 N–H and O–H groups in total. The summed E-state index contributed by atoms with van der Waals surface area (Å²) in [6, 6.07) is 8.11. The molecule has 0 saturated carbocycles. The predicted molar refractivity (Wildman–Crippen MR) is 112 cm³/mol. The van der Waals surface area contributed by atoms with E-state index in [1.165, 1.54) is 5.56 Å². The summed E-state index contributed by atoms with van der Waals surface area (Å²) in [6.45, 7) is 7.18. The van der Waals surface area contributed by atoms with Gasteiger partial charge in [-0.15, -0.1) is 5.10 Å². The topological polar surface area (TPSA) is 137 Å². The summed E-state index contributed by atoms with van der Waals surface area (Å²) in [6.07, 6.45) is -5.31. The van der Waals surface area contributed by atoms with E-state index in [1.54, 1.807) is 4.68 Å². The van der Waals surface area contributed by atoms with Gasteiger partial charge < -0.3 is 35.0 Å². The van der Waals surface area contributed by atoms with E-state index in [2.05, 4.69) is 12.0 Å². The van der Waals surface area contributed by atoms with E-state index in [0.29, 0.717) is 12.0 Å². The molecule has 5 atom stereocenters. The predicted octanol–water partition coefficient (Wildman–Crippen LogP) is 0.424. The molecule has 2 aromatic rings. The highest BCUT2D eigenvalue weighted by Crippen LogP contribution is 2.34. The van der Waals surface area contributed by atoms with Crippen LogP contribution in [0.25, 0.3) is 0 Å². The number of hydrogen-bond donors (Lipinski definition) is 5. The minimum atomic E-state index is -2.70. The average molecular weight is 437 g/mol. The maximum absolute atomic E-state index is 10.9. The number of hydrogen-bond acceptors (Lipinski definition) is 8. The van der Waals surface area contributed by atoms with Gasteiger partial charge >= 0.3 is 5.97 Å². The Morgan fingerprint density at radius 1 is 1.13 bits per heavy atom. The summed E-state index contributed by atoms with van der Waals surface area (Å²) in [5.74, 6) is -2.66. The van der Waals surface area contributed by atoms with Crippen molar-refractivity contribution in [2.75, 3.05) is 6.61 Å². The molecule has 9 heteroatoms. The standard InChI is InChI=1S/C22H32N2O7/c1-5-14-6-8-15(9-7-14)10-16-13(4)24(12(2)3)23-21(16)31-22(29)20(28)19(27)18(26)17(11-25)30-22/h6-9,12,17-20,25-29H,5,10-11H2,1-4H3/t17-,18-,19+,20-,22-/m1/s1. The highest BCUT2D eigenvalue weighted by molar-refractivity contribution is 5.37. The molecule has 1 aromatic carbocycles. The maximum Gasteiger partial charge on any atom is 0.356 e. The highest BCUT2D eigenvalue weighted by atomic mass is 16.8. The number of benzene rings is 1. The van der Waals surface area contributed by atoms with Crippen molar-refractivity contribution in [1.29, 1.82) is 0 Å². The minimum Gasteiger partial charge on any atom is -0.417 e. The summed E-state index contributed by atoms with van der Waals surface area (Å²) in [5, 5.41) is 55.1. The van der Waals surface area contributed by atoms with Crippen LogP contribution in [0, 0.1) is 6.92 Å². The Morgan fingerprint density at radius 3 is 2.29 bits per heavy atom. The van der Waals surface area contributed by atoms with Gasteiger partial charge in [-0.25, -0.2) is 0 Å². The first-order chi connectivity index (χ1) is 14.6. The van der Waals surface area contributed by atoms with Crippen LogP contribution in [0.4, 0.5) is 0 Å². The third-order valence-corrected chi connectivity index (χ3v) is 5.71. The van der Waals surface area contributed by atoms with Gasteiger partial charge in [-0.1, -0.05) is 31.2 Å². The fourth-order valence-corrected chi connectivity index (χ4v) is 3.76. The van der Waals surface area contributed by atoms with Crippen LogP contribution in [-0.4, -0.2) is 72.3 Å². The molecule has 0 bridgehead atoms. The van der Waals surface area contributed by atoms with Crippen molar-refractivity contribution in [2.45, 2.75) is 77.0 Å². The van der Waals surface area contributed by atoms with Crippen molar-refractivity contribution in [2.24, 2.45) is 0 Å². The van der Waals surface area contributed by atoms with Gasteiger partial charge in [0.2, 0.25) is 5.88 Å². The van der Waals surface area contributed by atoms with E-state index < -0.39 is 37.0 Å². The van der Waals surface area contributed by atoms with Crippen LogP contribution >= 0.6 is 0 Å². The molecule has 9 nitrogen and oxygen atoms in total. The molecule has 1 saturated heterocycles. The Bertz CT molecular complexity index is 881. The van der Waals surface area contributed by atoms with Crippen LogP contribution in [-0.2, 0) is 17.6 Å². The monoisotopic (exact) mass is 436 g/mol. The largest absolute Gasteiger partial charge is 0.417 e. The number of aryl methyl sites for hydroxylation is 1.